The SMILES string of the molecule is NC(N)=NCCCNCc1ccc(-n2cc3cc(-c4cccc(OCCOCCCO)c4)[nH]c3nc2=O)cc1. The van der Waals surface area contributed by atoms with Crippen molar-refractivity contribution in [1.82, 2.24) is 19.9 Å². The summed E-state index contributed by atoms with van der Waals surface area (Å²) in [6, 6.07) is 17.5. The molecule has 7 N–H and O–H groups in total. The average Bonchev–Trinajstić information content (AvgIpc) is 3.35. The zero-order valence-corrected chi connectivity index (χ0v) is 21.8. The maximum atomic E-state index is 12.8. The highest BCUT2D eigenvalue weighted by Crippen LogP contribution is 2.26. The van der Waals surface area contributed by atoms with Gasteiger partial charge in [-0.05, 0) is 55.3 Å². The first-order valence-corrected chi connectivity index (χ1v) is 12.9. The van der Waals surface area contributed by atoms with E-state index in [4.69, 9.17) is 26.0 Å². The molecule has 4 aromatic rings. The predicted molar refractivity (Wildman–Crippen MR) is 152 cm³/mol. The molecule has 4 rings (SSSR count). The molecule has 2 aromatic heterocycles. The fourth-order valence-corrected chi connectivity index (χ4v) is 3.99. The second kappa shape index (κ2) is 14.1. The Morgan fingerprint density at radius 3 is 2.72 bits per heavy atom. The van der Waals surface area contributed by atoms with Gasteiger partial charge < -0.3 is 36.3 Å². The number of hydrogen-bond acceptors (Lipinski definition) is 7. The minimum atomic E-state index is -0.361. The topological polar surface area (TPSA) is 166 Å². The van der Waals surface area contributed by atoms with E-state index in [0.29, 0.717) is 50.7 Å². The van der Waals surface area contributed by atoms with Crippen molar-refractivity contribution in [2.24, 2.45) is 16.5 Å². The number of aliphatic imine (C=N–C) groups is 1. The van der Waals surface area contributed by atoms with Crippen molar-refractivity contribution in [1.29, 1.82) is 0 Å². The zero-order valence-electron chi connectivity index (χ0n) is 21.8. The number of fused-ring (bicyclic) bond motifs is 1. The van der Waals surface area contributed by atoms with E-state index in [0.717, 1.165) is 40.9 Å². The van der Waals surface area contributed by atoms with Crippen LogP contribution in [0.3, 0.4) is 0 Å². The molecule has 11 heteroatoms. The fourth-order valence-electron chi connectivity index (χ4n) is 3.99. The second-order valence-corrected chi connectivity index (χ2v) is 8.95. The number of rotatable bonds is 15. The van der Waals surface area contributed by atoms with Crippen LogP contribution in [-0.4, -0.2) is 65.1 Å². The van der Waals surface area contributed by atoms with Crippen molar-refractivity contribution < 1.29 is 14.6 Å². The van der Waals surface area contributed by atoms with Crippen LogP contribution in [-0.2, 0) is 11.3 Å². The van der Waals surface area contributed by atoms with Crippen LogP contribution in [0.1, 0.15) is 18.4 Å². The average molecular weight is 534 g/mol. The van der Waals surface area contributed by atoms with Gasteiger partial charge in [0.25, 0.3) is 0 Å². The molecule has 0 aliphatic heterocycles. The van der Waals surface area contributed by atoms with E-state index in [1.54, 1.807) is 10.8 Å². The smallest absolute Gasteiger partial charge is 0.354 e. The lowest BCUT2D eigenvalue weighted by Crippen LogP contribution is -2.23. The first kappa shape index (κ1) is 27.8. The molecule has 0 atom stereocenters. The van der Waals surface area contributed by atoms with E-state index in [2.05, 4.69) is 20.3 Å². The van der Waals surface area contributed by atoms with E-state index >= 15 is 0 Å². The van der Waals surface area contributed by atoms with Gasteiger partial charge in [0.1, 0.15) is 18.0 Å². The molecule has 0 aliphatic rings. The van der Waals surface area contributed by atoms with Gasteiger partial charge in [-0.3, -0.25) is 9.56 Å². The number of ether oxygens (including phenoxy) is 2. The summed E-state index contributed by atoms with van der Waals surface area (Å²) in [6.45, 7) is 3.58. The van der Waals surface area contributed by atoms with Crippen LogP contribution in [0.5, 0.6) is 5.75 Å². The number of hydrogen-bond donors (Lipinski definition) is 5. The lowest BCUT2D eigenvalue weighted by Gasteiger charge is -2.08. The van der Waals surface area contributed by atoms with Crippen molar-refractivity contribution in [3.63, 3.8) is 0 Å². The molecule has 0 unspecified atom stereocenters. The normalized spacial score (nSPS) is 11.1. The van der Waals surface area contributed by atoms with Crippen molar-refractivity contribution >= 4 is 17.0 Å². The Hall–Kier alpha value is -4.19. The number of guanidine groups is 1. The van der Waals surface area contributed by atoms with Crippen molar-refractivity contribution in [2.75, 3.05) is 39.5 Å². The summed E-state index contributed by atoms with van der Waals surface area (Å²) in [5, 5.41) is 13.0. The third-order valence-electron chi connectivity index (χ3n) is 5.95. The number of nitrogens with two attached hydrogens (primary N) is 2. The molecular weight excluding hydrogens is 498 g/mol. The van der Waals surface area contributed by atoms with Gasteiger partial charge in [0.05, 0.1) is 12.3 Å². The Bertz CT molecular complexity index is 1430. The quantitative estimate of drug-likeness (QED) is 0.0878. The van der Waals surface area contributed by atoms with Crippen molar-refractivity contribution in [3.8, 4) is 22.7 Å². The largest absolute Gasteiger partial charge is 0.491 e. The Kier molecular flexibility index (Phi) is 10.1. The standard InChI is InChI=1S/C28H35N7O4/c29-27(30)32-11-2-10-31-18-20-6-8-23(9-7-20)35-19-22-17-25(33-26(22)34-28(35)37)21-4-1-5-24(16-21)39-15-14-38-13-3-12-36/h1,4-9,16-17,19,31,36H,2-3,10-15,18H2,(H4,29,30,32)(H,33,34,37). The molecule has 0 fully saturated rings. The Balaban J connectivity index is 1.39. The second-order valence-electron chi connectivity index (χ2n) is 8.95. The molecule has 0 aliphatic carbocycles. The van der Waals surface area contributed by atoms with Crippen molar-refractivity contribution in [2.45, 2.75) is 19.4 Å². The fraction of sp³-hybridized carbons (Fsp3) is 0.321. The van der Waals surface area contributed by atoms with Gasteiger partial charge >= 0.3 is 5.69 Å². The van der Waals surface area contributed by atoms with Gasteiger partial charge in [-0.2, -0.15) is 4.98 Å². The summed E-state index contributed by atoms with van der Waals surface area (Å²) in [7, 11) is 0. The Labute approximate surface area is 226 Å². The van der Waals surface area contributed by atoms with E-state index in [1.807, 2.05) is 54.6 Å². The molecule has 0 spiro atoms. The van der Waals surface area contributed by atoms with Crippen LogP contribution >= 0.6 is 0 Å². The number of nitrogens with zero attached hydrogens (tertiary/aromatic N) is 3. The van der Waals surface area contributed by atoms with Gasteiger partial charge in [0.15, 0.2) is 5.96 Å². The maximum absolute atomic E-state index is 12.8. The Morgan fingerprint density at radius 2 is 1.92 bits per heavy atom. The molecule has 0 saturated carbocycles. The highest BCUT2D eigenvalue weighted by molar-refractivity contribution is 5.82. The molecule has 11 nitrogen and oxygen atoms in total. The molecule has 2 heterocycles. The summed E-state index contributed by atoms with van der Waals surface area (Å²) in [5.74, 6) is 0.824. The minimum Gasteiger partial charge on any atom is -0.491 e. The van der Waals surface area contributed by atoms with Crippen LogP contribution < -0.4 is 27.2 Å². The molecule has 0 bridgehead atoms. The van der Waals surface area contributed by atoms with Crippen molar-refractivity contribution in [3.05, 3.63) is 76.8 Å². The van der Waals surface area contributed by atoms with E-state index in [1.165, 1.54) is 0 Å². The lowest BCUT2D eigenvalue weighted by atomic mass is 10.1. The highest BCUT2D eigenvalue weighted by Gasteiger charge is 2.10. The third-order valence-corrected chi connectivity index (χ3v) is 5.95. The van der Waals surface area contributed by atoms with E-state index in [9.17, 15) is 4.79 Å². The summed E-state index contributed by atoms with van der Waals surface area (Å²) in [5.41, 5.74) is 14.4. The molecule has 206 valence electrons. The van der Waals surface area contributed by atoms with Crippen LogP contribution in [0.2, 0.25) is 0 Å². The third kappa shape index (κ3) is 8.14. The number of nitrogens with one attached hydrogen (secondary N) is 2. The highest BCUT2D eigenvalue weighted by atomic mass is 16.5. The monoisotopic (exact) mass is 533 g/mol. The van der Waals surface area contributed by atoms with Gasteiger partial charge in [0, 0.05) is 49.1 Å². The van der Waals surface area contributed by atoms with Gasteiger partial charge in [-0.1, -0.05) is 24.3 Å². The van der Waals surface area contributed by atoms with Crippen LogP contribution in [0.4, 0.5) is 0 Å². The van der Waals surface area contributed by atoms with E-state index < -0.39 is 0 Å². The molecule has 0 radical (unpaired) electrons. The first-order valence-electron chi connectivity index (χ1n) is 12.9. The number of aliphatic hydroxyl groups is 1. The summed E-state index contributed by atoms with van der Waals surface area (Å²) < 4.78 is 12.7. The van der Waals surface area contributed by atoms with Gasteiger partial charge in [0.2, 0.25) is 0 Å². The number of aromatic amines is 1. The summed E-state index contributed by atoms with van der Waals surface area (Å²) in [4.78, 5) is 24.3. The van der Waals surface area contributed by atoms with Crippen LogP contribution in [0, 0.1) is 0 Å². The number of aromatic nitrogens is 3. The number of H-pyrrole nitrogens is 1. The maximum Gasteiger partial charge on any atom is 0.354 e. The van der Waals surface area contributed by atoms with Gasteiger partial charge in [-0.15, -0.1) is 0 Å². The minimum absolute atomic E-state index is 0.108. The molecule has 0 amide bonds. The zero-order chi connectivity index (χ0) is 27.5. The Morgan fingerprint density at radius 1 is 1.08 bits per heavy atom. The molecular formula is C28H35N7O4. The first-order chi connectivity index (χ1) is 19.0. The number of aliphatic hydroxyl groups excluding tert-OH is 1. The van der Waals surface area contributed by atoms with E-state index in [-0.39, 0.29) is 18.3 Å². The lowest BCUT2D eigenvalue weighted by molar-refractivity contribution is 0.0883. The summed E-state index contributed by atoms with van der Waals surface area (Å²) in [6.07, 6.45) is 3.25. The van der Waals surface area contributed by atoms with Crippen LogP contribution in [0.15, 0.2) is 70.6 Å². The summed E-state index contributed by atoms with van der Waals surface area (Å²) >= 11 is 0. The number of benzene rings is 2. The van der Waals surface area contributed by atoms with Gasteiger partial charge in [-0.25, -0.2) is 4.79 Å². The predicted octanol–water partition coefficient (Wildman–Crippen LogP) is 1.91. The molecule has 0 saturated heterocycles. The molecule has 39 heavy (non-hydrogen) atoms. The van der Waals surface area contributed by atoms with Crippen LogP contribution in [0.25, 0.3) is 28.0 Å². The molecule has 2 aromatic carbocycles.